The molecule has 0 atom stereocenters. The first-order chi connectivity index (χ1) is 9.72. The number of hydrogen-bond acceptors (Lipinski definition) is 2. The van der Waals surface area contributed by atoms with Crippen LogP contribution in [0.1, 0.15) is 11.3 Å². The Balaban J connectivity index is 1.81. The predicted octanol–water partition coefficient (Wildman–Crippen LogP) is 3.12. The Morgan fingerprint density at radius 3 is 3.15 bits per heavy atom. The van der Waals surface area contributed by atoms with Gasteiger partial charge in [-0.05, 0) is 30.2 Å². The van der Waals surface area contributed by atoms with E-state index in [0.29, 0.717) is 0 Å². The molecule has 0 aliphatic carbocycles. The number of halogens is 1. The number of hydrogen-bond donors (Lipinski definition) is 1. The highest BCUT2D eigenvalue weighted by Crippen LogP contribution is 2.33. The number of nitrogens with one attached hydrogen (secondary N) is 1. The van der Waals surface area contributed by atoms with Gasteiger partial charge in [0.1, 0.15) is 0 Å². The van der Waals surface area contributed by atoms with E-state index in [-0.39, 0.29) is 0 Å². The summed E-state index contributed by atoms with van der Waals surface area (Å²) in [5.41, 5.74) is 4.93. The lowest BCUT2D eigenvalue weighted by Gasteiger charge is -2.30. The van der Waals surface area contributed by atoms with E-state index in [4.69, 9.17) is 11.6 Å². The van der Waals surface area contributed by atoms with Crippen LogP contribution >= 0.6 is 11.6 Å². The topological polar surface area (TPSA) is 36.9 Å². The number of fused-ring (bicyclic) bond motifs is 2. The molecule has 0 spiro atoms. The van der Waals surface area contributed by atoms with Gasteiger partial charge in [-0.1, -0.05) is 11.6 Å². The molecular weight excluding hydrogens is 272 g/mol. The third kappa shape index (κ3) is 1.72. The Kier molecular flexibility index (Phi) is 2.54. The van der Waals surface area contributed by atoms with E-state index in [1.807, 2.05) is 30.2 Å². The second-order valence-electron chi connectivity index (χ2n) is 5.28. The third-order valence-corrected chi connectivity index (χ3v) is 4.31. The average Bonchev–Trinajstić information content (AvgIpc) is 3.05. The van der Waals surface area contributed by atoms with Gasteiger partial charge in [-0.25, -0.2) is 0 Å². The highest BCUT2D eigenvalue weighted by atomic mass is 35.5. The molecule has 1 aliphatic heterocycles. The van der Waals surface area contributed by atoms with Gasteiger partial charge in [0.2, 0.25) is 0 Å². The summed E-state index contributed by atoms with van der Waals surface area (Å²) in [7, 11) is 2.01. The van der Waals surface area contributed by atoms with E-state index >= 15 is 0 Å². The summed E-state index contributed by atoms with van der Waals surface area (Å²) in [6, 6.07) is 6.14. The molecule has 4 rings (SSSR count). The molecule has 4 nitrogen and oxygen atoms in total. The van der Waals surface area contributed by atoms with Crippen molar-refractivity contribution in [2.75, 3.05) is 11.4 Å². The van der Waals surface area contributed by atoms with E-state index in [1.54, 1.807) is 0 Å². The molecule has 0 unspecified atom stereocenters. The monoisotopic (exact) mass is 286 g/mol. The number of nitrogens with zero attached hydrogens (tertiary/aromatic N) is 3. The summed E-state index contributed by atoms with van der Waals surface area (Å²) < 4.78 is 1.97. The molecule has 2 aromatic heterocycles. The van der Waals surface area contributed by atoms with Crippen LogP contribution in [-0.4, -0.2) is 21.3 Å². The van der Waals surface area contributed by atoms with Gasteiger partial charge in [-0.15, -0.1) is 0 Å². The van der Waals surface area contributed by atoms with Crippen molar-refractivity contribution in [3.63, 3.8) is 0 Å². The van der Waals surface area contributed by atoms with Crippen LogP contribution in [0, 0.1) is 0 Å². The standard InChI is InChI=1S/C15H15ClN4/c1-19-15-9-20(5-3-10(15)8-18-19)14-7-11(16)6-13-12(14)2-4-17-13/h2,4,6-8,17H,3,5,9H2,1H3. The van der Waals surface area contributed by atoms with E-state index < -0.39 is 0 Å². The molecule has 1 aliphatic rings. The molecule has 1 aromatic carbocycles. The largest absolute Gasteiger partial charge is 0.365 e. The first-order valence-electron chi connectivity index (χ1n) is 6.74. The molecule has 1 N–H and O–H groups in total. The molecule has 3 heterocycles. The third-order valence-electron chi connectivity index (χ3n) is 4.09. The highest BCUT2D eigenvalue weighted by Gasteiger charge is 2.21. The zero-order valence-electron chi connectivity index (χ0n) is 11.2. The molecule has 0 saturated heterocycles. The van der Waals surface area contributed by atoms with Crippen LogP contribution in [0.5, 0.6) is 0 Å². The van der Waals surface area contributed by atoms with Crippen molar-refractivity contribution in [1.29, 1.82) is 0 Å². The van der Waals surface area contributed by atoms with Gasteiger partial charge in [0.25, 0.3) is 0 Å². The molecule has 3 aromatic rings. The van der Waals surface area contributed by atoms with E-state index in [0.717, 1.165) is 30.0 Å². The number of benzene rings is 1. The Hall–Kier alpha value is -1.94. The van der Waals surface area contributed by atoms with Crippen LogP contribution in [0.4, 0.5) is 5.69 Å². The van der Waals surface area contributed by atoms with Crippen LogP contribution in [0.15, 0.2) is 30.6 Å². The number of aromatic amines is 1. The number of aryl methyl sites for hydroxylation is 1. The van der Waals surface area contributed by atoms with Crippen LogP contribution < -0.4 is 4.90 Å². The summed E-state index contributed by atoms with van der Waals surface area (Å²) >= 11 is 6.25. The summed E-state index contributed by atoms with van der Waals surface area (Å²) in [5.74, 6) is 0. The SMILES string of the molecule is Cn1ncc2c1CN(c1cc(Cl)cc3[nH]ccc13)CC2. The van der Waals surface area contributed by atoms with Crippen molar-refractivity contribution in [3.05, 3.63) is 46.9 Å². The lowest BCUT2D eigenvalue weighted by Crippen LogP contribution is -2.31. The zero-order valence-corrected chi connectivity index (χ0v) is 12.0. The second kappa shape index (κ2) is 4.28. The summed E-state index contributed by atoms with van der Waals surface area (Å²) in [6.45, 7) is 1.88. The first kappa shape index (κ1) is 11.9. The van der Waals surface area contributed by atoms with Crippen molar-refractivity contribution in [2.45, 2.75) is 13.0 Å². The smallest absolute Gasteiger partial charge is 0.0606 e. The molecule has 0 saturated carbocycles. The minimum absolute atomic E-state index is 0.769. The Morgan fingerprint density at radius 1 is 1.35 bits per heavy atom. The maximum atomic E-state index is 6.25. The summed E-state index contributed by atoms with van der Waals surface area (Å²) in [5, 5.41) is 6.35. The first-order valence-corrected chi connectivity index (χ1v) is 7.11. The number of H-pyrrole nitrogens is 1. The van der Waals surface area contributed by atoms with E-state index in [9.17, 15) is 0 Å². The zero-order chi connectivity index (χ0) is 13.7. The molecule has 5 heteroatoms. The van der Waals surface area contributed by atoms with Gasteiger partial charge >= 0.3 is 0 Å². The second-order valence-corrected chi connectivity index (χ2v) is 5.71. The van der Waals surface area contributed by atoms with Crippen LogP contribution in [0.2, 0.25) is 5.02 Å². The van der Waals surface area contributed by atoms with Crippen LogP contribution in [0.25, 0.3) is 10.9 Å². The molecular formula is C15H15ClN4. The molecule has 0 fully saturated rings. The fraction of sp³-hybridized carbons (Fsp3) is 0.267. The Morgan fingerprint density at radius 2 is 2.25 bits per heavy atom. The van der Waals surface area contributed by atoms with Gasteiger partial charge in [0, 0.05) is 41.4 Å². The predicted molar refractivity (Wildman–Crippen MR) is 81.3 cm³/mol. The van der Waals surface area contributed by atoms with Gasteiger partial charge < -0.3 is 9.88 Å². The van der Waals surface area contributed by atoms with Crippen LogP contribution in [-0.2, 0) is 20.0 Å². The molecule has 0 bridgehead atoms. The van der Waals surface area contributed by atoms with Crippen LogP contribution in [0.3, 0.4) is 0 Å². The fourth-order valence-electron chi connectivity index (χ4n) is 3.02. The quantitative estimate of drug-likeness (QED) is 0.746. The van der Waals surface area contributed by atoms with Crippen molar-refractivity contribution in [2.24, 2.45) is 7.05 Å². The lowest BCUT2D eigenvalue weighted by atomic mass is 10.1. The van der Waals surface area contributed by atoms with Gasteiger partial charge in [0.15, 0.2) is 0 Å². The maximum absolute atomic E-state index is 6.25. The number of aromatic nitrogens is 3. The lowest BCUT2D eigenvalue weighted by molar-refractivity contribution is 0.651. The minimum Gasteiger partial charge on any atom is -0.365 e. The molecule has 0 radical (unpaired) electrons. The van der Waals surface area contributed by atoms with Crippen molar-refractivity contribution >= 4 is 28.2 Å². The van der Waals surface area contributed by atoms with Crippen molar-refractivity contribution in [3.8, 4) is 0 Å². The average molecular weight is 287 g/mol. The van der Waals surface area contributed by atoms with E-state index in [1.165, 1.54) is 22.3 Å². The Labute approximate surface area is 122 Å². The van der Waals surface area contributed by atoms with Crippen molar-refractivity contribution in [1.82, 2.24) is 14.8 Å². The summed E-state index contributed by atoms with van der Waals surface area (Å²) in [4.78, 5) is 5.62. The highest BCUT2D eigenvalue weighted by molar-refractivity contribution is 6.31. The van der Waals surface area contributed by atoms with Gasteiger partial charge in [-0.3, -0.25) is 4.68 Å². The molecule has 20 heavy (non-hydrogen) atoms. The number of anilines is 1. The number of rotatable bonds is 1. The minimum atomic E-state index is 0.769. The normalized spacial score (nSPS) is 14.8. The van der Waals surface area contributed by atoms with Gasteiger partial charge in [-0.2, -0.15) is 5.10 Å². The summed E-state index contributed by atoms with van der Waals surface area (Å²) in [6.07, 6.45) is 4.97. The maximum Gasteiger partial charge on any atom is 0.0606 e. The fourth-order valence-corrected chi connectivity index (χ4v) is 3.23. The molecule has 102 valence electrons. The van der Waals surface area contributed by atoms with Crippen molar-refractivity contribution < 1.29 is 0 Å². The van der Waals surface area contributed by atoms with Gasteiger partial charge in [0.05, 0.1) is 18.4 Å². The molecule has 0 amide bonds. The Bertz CT molecular complexity index is 786. The van der Waals surface area contributed by atoms with E-state index in [2.05, 4.69) is 27.1 Å².